The SMILES string of the molecule is C[C@H]1CCCCN1c1ccc(NC(=S)NC(=O)c2ccccc2I)cc1. The molecule has 2 aromatic rings. The molecule has 3 rings (SSSR count). The van der Waals surface area contributed by atoms with E-state index >= 15 is 0 Å². The molecule has 1 atom stereocenters. The molecule has 1 aliphatic rings. The van der Waals surface area contributed by atoms with Gasteiger partial charge in [-0.25, -0.2) is 0 Å². The number of amides is 1. The fourth-order valence-corrected chi connectivity index (χ4v) is 4.04. The first-order valence-electron chi connectivity index (χ1n) is 8.78. The number of carbonyl (C=O) groups excluding carboxylic acids is 1. The minimum atomic E-state index is -0.203. The molecule has 0 spiro atoms. The summed E-state index contributed by atoms with van der Waals surface area (Å²) in [5.74, 6) is -0.203. The van der Waals surface area contributed by atoms with E-state index in [9.17, 15) is 4.79 Å². The van der Waals surface area contributed by atoms with E-state index in [1.54, 1.807) is 6.07 Å². The van der Waals surface area contributed by atoms with Crippen LogP contribution in [-0.2, 0) is 0 Å². The van der Waals surface area contributed by atoms with Gasteiger partial charge in [0.15, 0.2) is 5.11 Å². The van der Waals surface area contributed by atoms with Crippen molar-refractivity contribution in [3.8, 4) is 0 Å². The molecule has 136 valence electrons. The summed E-state index contributed by atoms with van der Waals surface area (Å²) in [6.07, 6.45) is 3.80. The maximum Gasteiger partial charge on any atom is 0.258 e. The average Bonchev–Trinajstić information content (AvgIpc) is 2.63. The largest absolute Gasteiger partial charge is 0.369 e. The van der Waals surface area contributed by atoms with Crippen LogP contribution in [0.5, 0.6) is 0 Å². The molecule has 0 aliphatic carbocycles. The van der Waals surface area contributed by atoms with Gasteiger partial charge in [0, 0.05) is 27.5 Å². The monoisotopic (exact) mass is 479 g/mol. The normalized spacial score (nSPS) is 16.8. The standard InChI is InChI=1S/C20H22IN3OS/c1-14-6-4-5-13-24(14)16-11-9-15(10-12-16)22-20(26)23-19(25)17-7-2-3-8-18(17)21/h2-3,7-12,14H,4-6,13H2,1H3,(H2,22,23,25,26)/t14-/m0/s1. The quantitative estimate of drug-likeness (QED) is 0.491. The van der Waals surface area contributed by atoms with Crippen molar-refractivity contribution in [2.45, 2.75) is 32.2 Å². The zero-order valence-electron chi connectivity index (χ0n) is 14.7. The van der Waals surface area contributed by atoms with E-state index in [0.717, 1.165) is 15.8 Å². The third-order valence-electron chi connectivity index (χ3n) is 4.61. The van der Waals surface area contributed by atoms with Crippen molar-refractivity contribution in [3.63, 3.8) is 0 Å². The zero-order chi connectivity index (χ0) is 18.5. The Kier molecular flexibility index (Phi) is 6.48. The Morgan fingerprint density at radius 1 is 1.15 bits per heavy atom. The van der Waals surface area contributed by atoms with Crippen LogP contribution in [0.4, 0.5) is 11.4 Å². The van der Waals surface area contributed by atoms with Crippen molar-refractivity contribution in [1.29, 1.82) is 0 Å². The summed E-state index contributed by atoms with van der Waals surface area (Å²) in [6, 6.07) is 16.2. The van der Waals surface area contributed by atoms with Crippen molar-refractivity contribution in [3.05, 3.63) is 57.7 Å². The summed E-state index contributed by atoms with van der Waals surface area (Å²) in [6.45, 7) is 3.39. The van der Waals surface area contributed by atoms with E-state index < -0.39 is 0 Å². The number of rotatable bonds is 3. The van der Waals surface area contributed by atoms with Crippen molar-refractivity contribution in [2.75, 3.05) is 16.8 Å². The second kappa shape index (κ2) is 8.81. The molecule has 1 heterocycles. The maximum absolute atomic E-state index is 12.3. The van der Waals surface area contributed by atoms with Crippen LogP contribution < -0.4 is 15.5 Å². The topological polar surface area (TPSA) is 44.4 Å². The molecule has 2 N–H and O–H groups in total. The number of halogens is 1. The summed E-state index contributed by atoms with van der Waals surface area (Å²) < 4.78 is 0.894. The van der Waals surface area contributed by atoms with Gasteiger partial charge >= 0.3 is 0 Å². The number of hydrogen-bond acceptors (Lipinski definition) is 3. The van der Waals surface area contributed by atoms with E-state index in [1.165, 1.54) is 24.9 Å². The number of carbonyl (C=O) groups is 1. The molecule has 1 aliphatic heterocycles. The van der Waals surface area contributed by atoms with Gasteiger partial charge in [-0.15, -0.1) is 0 Å². The molecular weight excluding hydrogens is 457 g/mol. The summed E-state index contributed by atoms with van der Waals surface area (Å²) in [7, 11) is 0. The van der Waals surface area contributed by atoms with Gasteiger partial charge in [0.05, 0.1) is 5.56 Å². The summed E-state index contributed by atoms with van der Waals surface area (Å²) in [5.41, 5.74) is 2.72. The molecule has 4 nitrogen and oxygen atoms in total. The van der Waals surface area contributed by atoms with Gasteiger partial charge in [-0.1, -0.05) is 12.1 Å². The molecule has 26 heavy (non-hydrogen) atoms. The highest BCUT2D eigenvalue weighted by Gasteiger charge is 2.18. The predicted octanol–water partition coefficient (Wildman–Crippen LogP) is 4.80. The summed E-state index contributed by atoms with van der Waals surface area (Å²) >= 11 is 7.42. The number of thiocarbonyl (C=S) groups is 1. The number of hydrogen-bond donors (Lipinski definition) is 2. The van der Waals surface area contributed by atoms with E-state index in [-0.39, 0.29) is 5.91 Å². The zero-order valence-corrected chi connectivity index (χ0v) is 17.6. The van der Waals surface area contributed by atoms with Crippen LogP contribution in [0.3, 0.4) is 0 Å². The lowest BCUT2D eigenvalue weighted by Crippen LogP contribution is -2.37. The molecule has 0 radical (unpaired) electrons. The lowest BCUT2D eigenvalue weighted by Gasteiger charge is -2.35. The van der Waals surface area contributed by atoms with Crippen molar-refractivity contribution < 1.29 is 4.79 Å². The number of nitrogens with zero attached hydrogens (tertiary/aromatic N) is 1. The van der Waals surface area contributed by atoms with Gasteiger partial charge in [0.25, 0.3) is 5.91 Å². The molecule has 0 unspecified atom stereocenters. The van der Waals surface area contributed by atoms with Crippen LogP contribution in [0.15, 0.2) is 48.5 Å². The number of nitrogens with one attached hydrogen (secondary N) is 2. The third-order valence-corrected chi connectivity index (χ3v) is 5.75. The number of anilines is 2. The molecule has 1 saturated heterocycles. The minimum absolute atomic E-state index is 0.203. The fraction of sp³-hybridized carbons (Fsp3) is 0.300. The van der Waals surface area contributed by atoms with Crippen LogP contribution in [0.1, 0.15) is 36.5 Å². The fourth-order valence-electron chi connectivity index (χ4n) is 3.20. The lowest BCUT2D eigenvalue weighted by molar-refractivity contribution is 0.0977. The van der Waals surface area contributed by atoms with Gasteiger partial charge in [0.2, 0.25) is 0 Å². The van der Waals surface area contributed by atoms with Crippen LogP contribution in [0, 0.1) is 3.57 Å². The number of piperidine rings is 1. The summed E-state index contributed by atoms with van der Waals surface area (Å²) in [4.78, 5) is 14.8. The first-order valence-corrected chi connectivity index (χ1v) is 10.3. The van der Waals surface area contributed by atoms with E-state index in [1.807, 2.05) is 30.3 Å². The Balaban J connectivity index is 1.59. The molecule has 0 bridgehead atoms. The van der Waals surface area contributed by atoms with Crippen molar-refractivity contribution in [1.82, 2.24) is 5.32 Å². The van der Waals surface area contributed by atoms with Crippen molar-refractivity contribution >= 4 is 57.2 Å². The smallest absolute Gasteiger partial charge is 0.258 e. The lowest BCUT2D eigenvalue weighted by atomic mass is 10.0. The highest BCUT2D eigenvalue weighted by atomic mass is 127. The van der Waals surface area contributed by atoms with Gasteiger partial charge in [-0.2, -0.15) is 0 Å². The molecular formula is C20H22IN3OS. The van der Waals surface area contributed by atoms with Crippen LogP contribution >= 0.6 is 34.8 Å². The van der Waals surface area contributed by atoms with Gasteiger partial charge in [-0.05, 0) is 97.4 Å². The molecule has 1 fully saturated rings. The van der Waals surface area contributed by atoms with Crippen LogP contribution in [0.2, 0.25) is 0 Å². The maximum atomic E-state index is 12.3. The predicted molar refractivity (Wildman–Crippen MR) is 120 cm³/mol. The first-order chi connectivity index (χ1) is 12.5. The number of benzene rings is 2. The van der Waals surface area contributed by atoms with E-state index in [0.29, 0.717) is 16.7 Å². The van der Waals surface area contributed by atoms with E-state index in [2.05, 4.69) is 57.2 Å². The van der Waals surface area contributed by atoms with Crippen LogP contribution in [-0.4, -0.2) is 23.6 Å². The molecule has 0 aromatic heterocycles. The Labute approximate surface area is 173 Å². The van der Waals surface area contributed by atoms with Gasteiger partial charge < -0.3 is 10.2 Å². The Morgan fingerprint density at radius 3 is 2.58 bits per heavy atom. The van der Waals surface area contributed by atoms with Crippen molar-refractivity contribution in [2.24, 2.45) is 0 Å². The Morgan fingerprint density at radius 2 is 1.88 bits per heavy atom. The van der Waals surface area contributed by atoms with Gasteiger partial charge in [-0.3, -0.25) is 10.1 Å². The molecule has 6 heteroatoms. The highest BCUT2D eigenvalue weighted by Crippen LogP contribution is 2.25. The highest BCUT2D eigenvalue weighted by molar-refractivity contribution is 14.1. The second-order valence-corrected chi connectivity index (χ2v) is 8.04. The average molecular weight is 479 g/mol. The summed E-state index contributed by atoms with van der Waals surface area (Å²) in [5, 5.41) is 6.12. The molecule has 2 aromatic carbocycles. The van der Waals surface area contributed by atoms with Crippen LogP contribution in [0.25, 0.3) is 0 Å². The minimum Gasteiger partial charge on any atom is -0.369 e. The van der Waals surface area contributed by atoms with E-state index in [4.69, 9.17) is 12.2 Å². The third kappa shape index (κ3) is 4.73. The Hall–Kier alpha value is -1.67. The second-order valence-electron chi connectivity index (χ2n) is 6.47. The molecule has 0 saturated carbocycles. The Bertz CT molecular complexity index is 794. The first kappa shape index (κ1) is 19.1. The molecule has 1 amide bonds. The van der Waals surface area contributed by atoms with Gasteiger partial charge in [0.1, 0.15) is 0 Å².